The molecule has 0 spiro atoms. The third-order valence-corrected chi connectivity index (χ3v) is 6.09. The molecular formula is C19H24Cl2N4O2S. The molecule has 0 radical (unpaired) electrons. The SMILES string of the molecule is CN=C(NCCCc1ccc(Cl)cc1Cl)NCc1cccc(S(=O)(=O)NC)c1. The zero-order valence-corrected chi connectivity index (χ0v) is 18.1. The van der Waals surface area contributed by atoms with Gasteiger partial charge in [0.05, 0.1) is 4.90 Å². The number of sulfonamides is 1. The molecule has 0 aromatic heterocycles. The van der Waals surface area contributed by atoms with Crippen LogP contribution in [0.15, 0.2) is 52.4 Å². The van der Waals surface area contributed by atoms with Crippen LogP contribution in [0.3, 0.4) is 0 Å². The van der Waals surface area contributed by atoms with Gasteiger partial charge in [-0.15, -0.1) is 0 Å². The van der Waals surface area contributed by atoms with E-state index in [1.807, 2.05) is 18.2 Å². The molecule has 3 N–H and O–H groups in total. The fraction of sp³-hybridized carbons (Fsp3) is 0.316. The highest BCUT2D eigenvalue weighted by Crippen LogP contribution is 2.21. The predicted octanol–water partition coefficient (Wildman–Crippen LogP) is 3.20. The minimum atomic E-state index is -3.46. The first-order chi connectivity index (χ1) is 13.4. The molecule has 0 aliphatic carbocycles. The summed E-state index contributed by atoms with van der Waals surface area (Å²) in [6.45, 7) is 1.17. The normalized spacial score (nSPS) is 12.1. The molecule has 0 aliphatic heterocycles. The molecule has 2 aromatic rings. The van der Waals surface area contributed by atoms with Gasteiger partial charge in [0.25, 0.3) is 0 Å². The van der Waals surface area contributed by atoms with Crippen molar-refractivity contribution in [1.82, 2.24) is 15.4 Å². The number of guanidine groups is 1. The maximum absolute atomic E-state index is 11.9. The lowest BCUT2D eigenvalue weighted by molar-refractivity contribution is 0.588. The van der Waals surface area contributed by atoms with Gasteiger partial charge < -0.3 is 10.6 Å². The number of hydrogen-bond donors (Lipinski definition) is 3. The van der Waals surface area contributed by atoms with E-state index in [0.717, 1.165) is 24.0 Å². The van der Waals surface area contributed by atoms with Crippen LogP contribution < -0.4 is 15.4 Å². The molecular weight excluding hydrogens is 419 g/mol. The van der Waals surface area contributed by atoms with Gasteiger partial charge in [0, 0.05) is 30.2 Å². The van der Waals surface area contributed by atoms with Gasteiger partial charge in [-0.25, -0.2) is 13.1 Å². The van der Waals surface area contributed by atoms with Gasteiger partial charge in [-0.05, 0) is 55.3 Å². The fourth-order valence-electron chi connectivity index (χ4n) is 2.56. The summed E-state index contributed by atoms with van der Waals surface area (Å²) in [6.07, 6.45) is 1.70. The zero-order valence-electron chi connectivity index (χ0n) is 15.8. The van der Waals surface area contributed by atoms with E-state index in [1.54, 1.807) is 31.3 Å². The molecule has 9 heteroatoms. The summed E-state index contributed by atoms with van der Waals surface area (Å²) in [5, 5.41) is 7.72. The van der Waals surface area contributed by atoms with Gasteiger partial charge in [-0.2, -0.15) is 0 Å². The maximum Gasteiger partial charge on any atom is 0.240 e. The van der Waals surface area contributed by atoms with Crippen molar-refractivity contribution in [2.45, 2.75) is 24.3 Å². The van der Waals surface area contributed by atoms with E-state index in [4.69, 9.17) is 23.2 Å². The van der Waals surface area contributed by atoms with Gasteiger partial charge in [-0.1, -0.05) is 41.4 Å². The first-order valence-electron chi connectivity index (χ1n) is 8.76. The molecule has 28 heavy (non-hydrogen) atoms. The molecule has 152 valence electrons. The predicted molar refractivity (Wildman–Crippen MR) is 116 cm³/mol. The molecule has 6 nitrogen and oxygen atoms in total. The van der Waals surface area contributed by atoms with Crippen molar-refractivity contribution >= 4 is 39.2 Å². The second kappa shape index (κ2) is 10.7. The Morgan fingerprint density at radius 2 is 1.89 bits per heavy atom. The van der Waals surface area contributed by atoms with Gasteiger partial charge in [0.1, 0.15) is 0 Å². The minimum Gasteiger partial charge on any atom is -0.356 e. The molecule has 0 bridgehead atoms. The van der Waals surface area contributed by atoms with Crippen LogP contribution in [0.25, 0.3) is 0 Å². The lowest BCUT2D eigenvalue weighted by Crippen LogP contribution is -2.37. The average Bonchev–Trinajstić information content (AvgIpc) is 2.69. The number of nitrogens with one attached hydrogen (secondary N) is 3. The average molecular weight is 443 g/mol. The van der Waals surface area contributed by atoms with E-state index in [1.165, 1.54) is 7.05 Å². The Bertz CT molecular complexity index is 933. The molecule has 0 amide bonds. The molecule has 0 unspecified atom stereocenters. The number of aryl methyl sites for hydroxylation is 1. The highest BCUT2D eigenvalue weighted by Gasteiger charge is 2.11. The summed E-state index contributed by atoms with van der Waals surface area (Å²) >= 11 is 12.1. The number of aliphatic imine (C=N–C) groups is 1. The van der Waals surface area contributed by atoms with Crippen molar-refractivity contribution in [2.75, 3.05) is 20.6 Å². The number of nitrogens with zero attached hydrogens (tertiary/aromatic N) is 1. The summed E-state index contributed by atoms with van der Waals surface area (Å²) < 4.78 is 26.1. The molecule has 2 aromatic carbocycles. The van der Waals surface area contributed by atoms with Crippen LogP contribution in [0.1, 0.15) is 17.5 Å². The maximum atomic E-state index is 11.9. The summed E-state index contributed by atoms with van der Waals surface area (Å²) in [6, 6.07) is 12.3. The van der Waals surface area contributed by atoms with E-state index in [-0.39, 0.29) is 4.90 Å². The van der Waals surface area contributed by atoms with E-state index in [0.29, 0.717) is 29.1 Å². The monoisotopic (exact) mass is 442 g/mol. The number of hydrogen-bond acceptors (Lipinski definition) is 3. The Kier molecular flexibility index (Phi) is 8.57. The lowest BCUT2D eigenvalue weighted by atomic mass is 10.1. The molecule has 2 rings (SSSR count). The van der Waals surface area contributed by atoms with E-state index in [9.17, 15) is 8.42 Å². The Hall–Kier alpha value is -1.80. The Morgan fingerprint density at radius 1 is 1.11 bits per heavy atom. The van der Waals surface area contributed by atoms with Crippen LogP contribution in [0.5, 0.6) is 0 Å². The quantitative estimate of drug-likeness (QED) is 0.333. The highest BCUT2D eigenvalue weighted by atomic mass is 35.5. The van der Waals surface area contributed by atoms with Crippen molar-refractivity contribution in [2.24, 2.45) is 4.99 Å². The summed E-state index contributed by atoms with van der Waals surface area (Å²) in [5.74, 6) is 0.643. The molecule has 0 heterocycles. The standard InChI is InChI=1S/C19H24Cl2N4O2S/c1-22-19(24-10-4-6-15-8-9-16(20)12-18(15)21)25-13-14-5-3-7-17(11-14)28(26,27)23-2/h3,5,7-9,11-12,23H,4,6,10,13H2,1-2H3,(H2,22,24,25). The van der Waals surface area contributed by atoms with Crippen LogP contribution in [0, 0.1) is 0 Å². The van der Waals surface area contributed by atoms with Gasteiger partial charge in [0.15, 0.2) is 5.96 Å². The van der Waals surface area contributed by atoms with Crippen molar-refractivity contribution < 1.29 is 8.42 Å². The number of rotatable bonds is 8. The van der Waals surface area contributed by atoms with Crippen LogP contribution >= 0.6 is 23.2 Å². The molecule has 0 fully saturated rings. The topological polar surface area (TPSA) is 82.6 Å². The first-order valence-corrected chi connectivity index (χ1v) is 11.0. The second-order valence-corrected chi connectivity index (χ2v) is 8.78. The third kappa shape index (κ3) is 6.67. The van der Waals surface area contributed by atoms with Crippen molar-refractivity contribution in [3.8, 4) is 0 Å². The first kappa shape index (κ1) is 22.5. The largest absolute Gasteiger partial charge is 0.356 e. The number of halogens is 2. The van der Waals surface area contributed by atoms with Gasteiger partial charge in [-0.3, -0.25) is 4.99 Å². The van der Waals surface area contributed by atoms with Gasteiger partial charge >= 0.3 is 0 Å². The fourth-order valence-corrected chi connectivity index (χ4v) is 3.86. The highest BCUT2D eigenvalue weighted by molar-refractivity contribution is 7.89. The third-order valence-electron chi connectivity index (χ3n) is 4.09. The van der Waals surface area contributed by atoms with E-state index >= 15 is 0 Å². The smallest absolute Gasteiger partial charge is 0.240 e. The summed E-state index contributed by atoms with van der Waals surface area (Å²) in [7, 11) is -0.378. The van der Waals surface area contributed by atoms with Crippen molar-refractivity contribution in [1.29, 1.82) is 0 Å². The molecule has 0 saturated heterocycles. The second-order valence-electron chi connectivity index (χ2n) is 6.05. The number of benzene rings is 2. The van der Waals surface area contributed by atoms with Gasteiger partial charge in [0.2, 0.25) is 10.0 Å². The van der Waals surface area contributed by atoms with Crippen LogP contribution in [0.2, 0.25) is 10.0 Å². The van der Waals surface area contributed by atoms with Crippen LogP contribution in [0.4, 0.5) is 0 Å². The zero-order chi connectivity index (χ0) is 20.6. The van der Waals surface area contributed by atoms with E-state index in [2.05, 4.69) is 20.3 Å². The lowest BCUT2D eigenvalue weighted by Gasteiger charge is -2.13. The Balaban J connectivity index is 1.82. The molecule has 0 atom stereocenters. The van der Waals surface area contributed by atoms with E-state index < -0.39 is 10.0 Å². The Labute approximate surface area is 176 Å². The summed E-state index contributed by atoms with van der Waals surface area (Å²) in [4.78, 5) is 4.42. The molecule has 0 saturated carbocycles. The molecule has 0 aliphatic rings. The van der Waals surface area contributed by atoms with Crippen LogP contribution in [-0.2, 0) is 23.0 Å². The Morgan fingerprint density at radius 3 is 2.57 bits per heavy atom. The van der Waals surface area contributed by atoms with Crippen LogP contribution in [-0.4, -0.2) is 35.0 Å². The van der Waals surface area contributed by atoms with Crippen molar-refractivity contribution in [3.63, 3.8) is 0 Å². The summed E-state index contributed by atoms with van der Waals surface area (Å²) in [5.41, 5.74) is 1.89. The van der Waals surface area contributed by atoms with Crippen molar-refractivity contribution in [3.05, 3.63) is 63.6 Å². The minimum absolute atomic E-state index is 0.233.